The molecule has 0 atom stereocenters. The van der Waals surface area contributed by atoms with Gasteiger partial charge in [-0.1, -0.05) is 71.4 Å². The summed E-state index contributed by atoms with van der Waals surface area (Å²) in [5, 5.41) is 3.05. The first kappa shape index (κ1) is 25.2. The molecule has 0 unspecified atom stereocenters. The largest absolute Gasteiger partial charge is 0.356 e. The molecule has 0 radical (unpaired) electrons. The lowest BCUT2D eigenvalue weighted by Gasteiger charge is -2.17. The van der Waals surface area contributed by atoms with E-state index in [0.717, 1.165) is 39.0 Å². The number of carbonyl (C=O) groups excluding carboxylic acids is 1. The van der Waals surface area contributed by atoms with Crippen molar-refractivity contribution < 1.29 is 4.79 Å². The molecule has 0 fully saturated rings. The third kappa shape index (κ3) is 18.0. The number of unbranched alkanes of at least 4 members (excludes halogenated alkanes) is 9. The van der Waals surface area contributed by atoms with E-state index in [0.29, 0.717) is 6.42 Å². The maximum Gasteiger partial charge on any atom is 0.219 e. The van der Waals surface area contributed by atoms with E-state index in [1.54, 1.807) is 0 Å². The molecule has 0 aromatic heterocycles. The number of carbonyl (C=O) groups is 1. The van der Waals surface area contributed by atoms with E-state index in [1.165, 1.54) is 64.2 Å². The number of hydrogen-bond acceptors (Lipinski definition) is 2. The summed E-state index contributed by atoms with van der Waals surface area (Å²) in [6.07, 6.45) is 20.5. The Bertz CT molecular complexity index is 324. The quantitative estimate of drug-likeness (QED) is 0.221. The van der Waals surface area contributed by atoms with Crippen molar-refractivity contribution in [1.82, 2.24) is 10.2 Å². The maximum atomic E-state index is 11.8. The first-order valence-corrected chi connectivity index (χ1v) is 11.4. The summed E-state index contributed by atoms with van der Waals surface area (Å²) in [5.74, 6) is 0.232. The zero-order valence-electron chi connectivity index (χ0n) is 18.0. The molecular weight excluding hydrogens is 320 g/mol. The Kier molecular flexibility index (Phi) is 19.8. The molecule has 0 aliphatic heterocycles. The Morgan fingerprint density at radius 2 is 1.35 bits per heavy atom. The van der Waals surface area contributed by atoms with E-state index < -0.39 is 0 Å². The molecule has 0 saturated heterocycles. The number of nitrogens with zero attached hydrogens (tertiary/aromatic N) is 1. The predicted molar refractivity (Wildman–Crippen MR) is 116 cm³/mol. The van der Waals surface area contributed by atoms with Crippen LogP contribution in [-0.4, -0.2) is 37.0 Å². The molecule has 1 amide bonds. The Morgan fingerprint density at radius 1 is 0.769 bits per heavy atom. The van der Waals surface area contributed by atoms with Gasteiger partial charge in [-0.05, 0) is 58.2 Å². The smallest absolute Gasteiger partial charge is 0.219 e. The fourth-order valence-corrected chi connectivity index (χ4v) is 3.16. The lowest BCUT2D eigenvalue weighted by atomic mass is 10.1. The second-order valence-corrected chi connectivity index (χ2v) is 7.36. The highest BCUT2D eigenvalue weighted by Gasteiger charge is 2.02. The number of rotatable bonds is 19. The number of amides is 1. The van der Waals surface area contributed by atoms with Crippen LogP contribution in [0.2, 0.25) is 0 Å². The molecule has 26 heavy (non-hydrogen) atoms. The highest BCUT2D eigenvalue weighted by molar-refractivity contribution is 5.75. The summed E-state index contributed by atoms with van der Waals surface area (Å²) in [4.78, 5) is 14.2. The van der Waals surface area contributed by atoms with E-state index in [2.05, 4.69) is 43.1 Å². The SMILES string of the molecule is CCCCCC/C=C\CCCCCCCC(=O)NCCCN(CC)CC. The first-order chi connectivity index (χ1) is 12.7. The molecule has 3 nitrogen and oxygen atoms in total. The molecule has 154 valence electrons. The van der Waals surface area contributed by atoms with Gasteiger partial charge in [-0.15, -0.1) is 0 Å². The van der Waals surface area contributed by atoms with Crippen molar-refractivity contribution in [2.45, 2.75) is 104 Å². The van der Waals surface area contributed by atoms with Crippen LogP contribution in [0.15, 0.2) is 12.2 Å². The normalized spacial score (nSPS) is 11.5. The molecule has 3 heteroatoms. The third-order valence-corrected chi connectivity index (χ3v) is 5.03. The molecule has 0 rings (SSSR count). The average Bonchev–Trinajstić information content (AvgIpc) is 2.65. The Balaban J connectivity index is 3.29. The molecular formula is C23H46N2O. The van der Waals surface area contributed by atoms with Crippen LogP contribution >= 0.6 is 0 Å². The van der Waals surface area contributed by atoms with Gasteiger partial charge in [-0.3, -0.25) is 4.79 Å². The van der Waals surface area contributed by atoms with Crippen LogP contribution in [0.3, 0.4) is 0 Å². The summed E-state index contributed by atoms with van der Waals surface area (Å²) in [6.45, 7) is 10.7. The van der Waals surface area contributed by atoms with E-state index >= 15 is 0 Å². The van der Waals surface area contributed by atoms with Crippen molar-refractivity contribution in [3.63, 3.8) is 0 Å². The van der Waals surface area contributed by atoms with Gasteiger partial charge in [-0.25, -0.2) is 0 Å². The maximum absolute atomic E-state index is 11.8. The first-order valence-electron chi connectivity index (χ1n) is 11.4. The third-order valence-electron chi connectivity index (χ3n) is 5.03. The number of nitrogens with one attached hydrogen (secondary N) is 1. The van der Waals surface area contributed by atoms with Crippen LogP contribution in [-0.2, 0) is 4.79 Å². The van der Waals surface area contributed by atoms with E-state index in [-0.39, 0.29) is 5.91 Å². The Labute approximate surface area is 164 Å². The second-order valence-electron chi connectivity index (χ2n) is 7.36. The monoisotopic (exact) mass is 366 g/mol. The zero-order valence-corrected chi connectivity index (χ0v) is 18.0. The Morgan fingerprint density at radius 3 is 1.96 bits per heavy atom. The predicted octanol–water partition coefficient (Wildman–Crippen LogP) is 6.09. The summed E-state index contributed by atoms with van der Waals surface area (Å²) < 4.78 is 0. The minimum absolute atomic E-state index is 0.232. The van der Waals surface area contributed by atoms with Gasteiger partial charge in [0.1, 0.15) is 0 Å². The average molecular weight is 367 g/mol. The fourth-order valence-electron chi connectivity index (χ4n) is 3.16. The van der Waals surface area contributed by atoms with Crippen molar-refractivity contribution in [3.05, 3.63) is 12.2 Å². The molecule has 1 N–H and O–H groups in total. The van der Waals surface area contributed by atoms with Gasteiger partial charge in [0.2, 0.25) is 5.91 Å². The second kappa shape index (κ2) is 20.5. The standard InChI is InChI=1S/C23H46N2O/c1-4-7-8-9-10-11-12-13-14-15-16-17-18-20-23(26)24-21-19-22-25(5-2)6-3/h11-12H,4-10,13-22H2,1-3H3,(H,24,26)/b12-11-. The number of allylic oxidation sites excluding steroid dienone is 2. The summed E-state index contributed by atoms with van der Waals surface area (Å²) in [6, 6.07) is 0. The highest BCUT2D eigenvalue weighted by atomic mass is 16.1. The van der Waals surface area contributed by atoms with Gasteiger partial charge < -0.3 is 10.2 Å². The van der Waals surface area contributed by atoms with Gasteiger partial charge in [0, 0.05) is 13.0 Å². The van der Waals surface area contributed by atoms with E-state index in [4.69, 9.17) is 0 Å². The molecule has 0 bridgehead atoms. The van der Waals surface area contributed by atoms with Crippen LogP contribution in [0.4, 0.5) is 0 Å². The number of hydrogen-bond donors (Lipinski definition) is 1. The lowest BCUT2D eigenvalue weighted by Crippen LogP contribution is -2.29. The van der Waals surface area contributed by atoms with Gasteiger partial charge in [0.25, 0.3) is 0 Å². The topological polar surface area (TPSA) is 32.3 Å². The van der Waals surface area contributed by atoms with E-state index in [9.17, 15) is 4.79 Å². The molecule has 0 aliphatic rings. The van der Waals surface area contributed by atoms with Crippen LogP contribution in [0.5, 0.6) is 0 Å². The van der Waals surface area contributed by atoms with Crippen LogP contribution in [0.25, 0.3) is 0 Å². The van der Waals surface area contributed by atoms with Crippen molar-refractivity contribution >= 4 is 5.91 Å². The molecule has 0 aromatic rings. The van der Waals surface area contributed by atoms with Crippen molar-refractivity contribution in [2.75, 3.05) is 26.2 Å². The van der Waals surface area contributed by atoms with Crippen LogP contribution in [0.1, 0.15) is 104 Å². The zero-order chi connectivity index (χ0) is 19.3. The molecule has 0 heterocycles. The van der Waals surface area contributed by atoms with Gasteiger partial charge in [0.05, 0.1) is 0 Å². The minimum Gasteiger partial charge on any atom is -0.356 e. The lowest BCUT2D eigenvalue weighted by molar-refractivity contribution is -0.121. The van der Waals surface area contributed by atoms with Crippen molar-refractivity contribution in [2.24, 2.45) is 0 Å². The van der Waals surface area contributed by atoms with Gasteiger partial charge in [-0.2, -0.15) is 0 Å². The summed E-state index contributed by atoms with van der Waals surface area (Å²) in [7, 11) is 0. The molecule has 0 saturated carbocycles. The van der Waals surface area contributed by atoms with Gasteiger partial charge >= 0.3 is 0 Å². The fraction of sp³-hybridized carbons (Fsp3) is 0.870. The molecule has 0 aliphatic carbocycles. The van der Waals surface area contributed by atoms with E-state index in [1.807, 2.05) is 0 Å². The minimum atomic E-state index is 0.232. The van der Waals surface area contributed by atoms with Crippen molar-refractivity contribution in [1.29, 1.82) is 0 Å². The van der Waals surface area contributed by atoms with Crippen LogP contribution in [0, 0.1) is 0 Å². The summed E-state index contributed by atoms with van der Waals surface area (Å²) >= 11 is 0. The van der Waals surface area contributed by atoms with Gasteiger partial charge in [0.15, 0.2) is 0 Å². The van der Waals surface area contributed by atoms with Crippen molar-refractivity contribution in [3.8, 4) is 0 Å². The summed E-state index contributed by atoms with van der Waals surface area (Å²) in [5.41, 5.74) is 0. The Hall–Kier alpha value is -0.830. The highest BCUT2D eigenvalue weighted by Crippen LogP contribution is 2.09. The molecule has 0 spiro atoms. The molecule has 0 aromatic carbocycles. The van der Waals surface area contributed by atoms with Crippen LogP contribution < -0.4 is 5.32 Å².